The molecule has 3 heterocycles. The third kappa shape index (κ3) is 14.6. The van der Waals surface area contributed by atoms with E-state index >= 15 is 0 Å². The summed E-state index contributed by atoms with van der Waals surface area (Å²) in [6.07, 6.45) is -9.68. The Bertz CT molecular complexity index is 2970. The molecule has 0 unspecified atom stereocenters. The lowest BCUT2D eigenvalue weighted by atomic mass is 9.94. The number of hydrogen-bond acceptors (Lipinski definition) is 11. The molecule has 7 aromatic carbocycles. The van der Waals surface area contributed by atoms with Gasteiger partial charge < -0.3 is 52.4 Å². The lowest BCUT2D eigenvalue weighted by Crippen LogP contribution is -2.74. The Hall–Kier alpha value is -5.30. The van der Waals surface area contributed by atoms with Gasteiger partial charge in [-0.15, -0.1) is 0 Å². The number of amides is 1. The summed E-state index contributed by atoms with van der Waals surface area (Å²) in [4.78, 5) is 14.5. The standard InChI is InChI=1S/C65H68Cl3NO11Si/c1-64(2,3)81(50-35-21-9-22-36-50,51-37-23-10-24-38-51)80-61-54(69-63(70)65(66,67)68)57(72-40-46-27-13-5-14-28-46)55(52(76-61)43-71-39-45-25-11-4-12-26-45)79-62-59(74-42-48-31-17-7-18-32-48)58(73-41-47-29-15-6-16-30-47)56-53(77-62)44-75-60(78-56)49-33-19-8-20-34-49/h4-38,52-62H,39-44H2,1-3H3,(H,69,70)/t52-,53-,54-,55-,56+,57-,58+,59-,60+,61+,62+/m1/s1. The summed E-state index contributed by atoms with van der Waals surface area (Å²) in [5.41, 5.74) is 4.47. The van der Waals surface area contributed by atoms with Crippen LogP contribution in [0.15, 0.2) is 212 Å². The normalized spacial score (nSPS) is 25.1. The number of benzene rings is 7. The van der Waals surface area contributed by atoms with E-state index in [2.05, 4.69) is 50.4 Å². The molecule has 3 fully saturated rings. The highest BCUT2D eigenvalue weighted by atomic mass is 35.6. The van der Waals surface area contributed by atoms with Gasteiger partial charge in [0.2, 0.25) is 0 Å². The largest absolute Gasteiger partial charge is 0.381 e. The van der Waals surface area contributed by atoms with Crippen LogP contribution < -0.4 is 15.7 Å². The van der Waals surface area contributed by atoms with E-state index in [1.807, 2.05) is 188 Å². The molecule has 3 aliphatic heterocycles. The molecule has 0 bridgehead atoms. The van der Waals surface area contributed by atoms with Crippen molar-refractivity contribution in [2.45, 2.75) is 124 Å². The van der Waals surface area contributed by atoms with Gasteiger partial charge in [-0.1, -0.05) is 268 Å². The van der Waals surface area contributed by atoms with E-state index in [4.69, 9.17) is 81.9 Å². The van der Waals surface area contributed by atoms with Crippen LogP contribution in [0.4, 0.5) is 0 Å². The van der Waals surface area contributed by atoms with Gasteiger partial charge in [-0.2, -0.15) is 0 Å². The first-order valence-corrected chi connectivity index (χ1v) is 30.4. The zero-order chi connectivity index (χ0) is 56.2. The maximum Gasteiger partial charge on any atom is 0.272 e. The van der Waals surface area contributed by atoms with Crippen molar-refractivity contribution in [2.75, 3.05) is 13.2 Å². The van der Waals surface area contributed by atoms with Gasteiger partial charge >= 0.3 is 0 Å². The summed E-state index contributed by atoms with van der Waals surface area (Å²) in [6.45, 7) is 7.22. The van der Waals surface area contributed by atoms with Crippen molar-refractivity contribution in [3.8, 4) is 0 Å². The summed E-state index contributed by atoms with van der Waals surface area (Å²) in [5.74, 6) is -0.928. The van der Waals surface area contributed by atoms with E-state index in [1.165, 1.54) is 0 Å². The van der Waals surface area contributed by atoms with Gasteiger partial charge in [-0.25, -0.2) is 0 Å². The summed E-state index contributed by atoms with van der Waals surface area (Å²) < 4.78 is 68.8. The second-order valence-electron chi connectivity index (χ2n) is 21.4. The molecule has 1 N–H and O–H groups in total. The highest BCUT2D eigenvalue weighted by Crippen LogP contribution is 2.43. The van der Waals surface area contributed by atoms with E-state index in [-0.39, 0.29) is 39.6 Å². The smallest absolute Gasteiger partial charge is 0.272 e. The molecule has 7 aromatic rings. The number of carbonyl (C=O) groups excluding carboxylic acids is 1. The van der Waals surface area contributed by atoms with Crippen LogP contribution in [0.25, 0.3) is 0 Å². The summed E-state index contributed by atoms with van der Waals surface area (Å²) in [6, 6.07) is 68.2. The van der Waals surface area contributed by atoms with Crippen molar-refractivity contribution in [3.63, 3.8) is 0 Å². The lowest BCUT2D eigenvalue weighted by molar-refractivity contribution is -0.390. The van der Waals surface area contributed by atoms with Crippen molar-refractivity contribution in [1.82, 2.24) is 5.32 Å². The van der Waals surface area contributed by atoms with Crippen molar-refractivity contribution >= 4 is 59.4 Å². The molecule has 0 spiro atoms. The number of halogens is 3. The predicted octanol–water partition coefficient (Wildman–Crippen LogP) is 11.3. The van der Waals surface area contributed by atoms with Crippen molar-refractivity contribution < 1.29 is 51.9 Å². The second-order valence-corrected chi connectivity index (χ2v) is 28.0. The molecule has 12 nitrogen and oxygen atoms in total. The zero-order valence-corrected chi connectivity index (χ0v) is 48.7. The van der Waals surface area contributed by atoms with Crippen LogP contribution in [0.5, 0.6) is 0 Å². The molecule has 1 amide bonds. The Morgan fingerprint density at radius 2 is 0.975 bits per heavy atom. The van der Waals surface area contributed by atoms with Crippen molar-refractivity contribution in [3.05, 3.63) is 240 Å². The minimum absolute atomic E-state index is 0.0380. The van der Waals surface area contributed by atoms with Crippen LogP contribution in [-0.4, -0.2) is 92.6 Å². The van der Waals surface area contributed by atoms with Gasteiger partial charge in [0.15, 0.2) is 18.9 Å². The fourth-order valence-electron chi connectivity index (χ4n) is 10.9. The first kappa shape index (κ1) is 58.9. The fourth-order valence-corrected chi connectivity index (χ4v) is 15.6. The third-order valence-corrected chi connectivity index (χ3v) is 20.3. The molecule has 10 rings (SSSR count). The SMILES string of the molecule is CC(C)(C)[Si](O[C@@H]1O[C@H](COCc2ccccc2)[C@@H](O[C@@H]2O[C@@H]3CO[C@H](c4ccccc4)O[C@@H]3[C@H](OCc3ccccc3)[C@H]2OCc2ccccc2)[C@H](OCc2ccccc2)[C@H]1NC(=O)C(Cl)(Cl)Cl)(c1ccccc1)c1ccccc1. The van der Waals surface area contributed by atoms with Gasteiger partial charge in [0.25, 0.3) is 18.0 Å². The van der Waals surface area contributed by atoms with Crippen molar-refractivity contribution in [1.29, 1.82) is 0 Å². The number of hydrogen-bond donors (Lipinski definition) is 1. The Labute approximate surface area is 490 Å². The van der Waals surface area contributed by atoms with E-state index in [0.717, 1.165) is 38.2 Å². The van der Waals surface area contributed by atoms with Gasteiger partial charge in [0.05, 0.1) is 39.6 Å². The fraction of sp³-hybridized carbons (Fsp3) is 0.338. The van der Waals surface area contributed by atoms with Crippen LogP contribution in [0, 0.1) is 0 Å². The minimum atomic E-state index is -3.52. The van der Waals surface area contributed by atoms with Crippen LogP contribution in [0.1, 0.15) is 54.9 Å². The number of rotatable bonds is 21. The molecular formula is C65H68Cl3NO11Si. The number of nitrogens with one attached hydrogen (secondary N) is 1. The first-order chi connectivity index (χ1) is 39.3. The first-order valence-electron chi connectivity index (χ1n) is 27.4. The molecule has 0 saturated carbocycles. The number of alkyl halides is 3. The molecule has 3 saturated heterocycles. The highest BCUT2D eigenvalue weighted by molar-refractivity contribution is 6.99. The summed E-state index contributed by atoms with van der Waals surface area (Å²) in [5, 5.41) is 4.45. The highest BCUT2D eigenvalue weighted by Gasteiger charge is 2.59. The van der Waals surface area contributed by atoms with E-state index in [9.17, 15) is 4.79 Å². The van der Waals surface area contributed by atoms with Crippen LogP contribution >= 0.6 is 34.8 Å². The quantitative estimate of drug-likeness (QED) is 0.0547. The van der Waals surface area contributed by atoms with Crippen LogP contribution in [-0.2, 0) is 78.3 Å². The van der Waals surface area contributed by atoms with E-state index < -0.39 is 90.7 Å². The van der Waals surface area contributed by atoms with Crippen LogP contribution in [0.2, 0.25) is 5.04 Å². The molecule has 81 heavy (non-hydrogen) atoms. The van der Waals surface area contributed by atoms with Gasteiger partial charge in [0, 0.05) is 5.56 Å². The molecule has 16 heteroatoms. The maximum atomic E-state index is 14.5. The molecule has 0 aliphatic carbocycles. The Balaban J connectivity index is 1.11. The second kappa shape index (κ2) is 27.4. The average molecular weight is 1170 g/mol. The summed E-state index contributed by atoms with van der Waals surface area (Å²) >= 11 is 19.5. The topological polar surface area (TPSA) is 121 Å². The molecule has 3 aliphatic rings. The monoisotopic (exact) mass is 1170 g/mol. The minimum Gasteiger partial charge on any atom is -0.381 e. The molecule has 424 valence electrons. The van der Waals surface area contributed by atoms with E-state index in [1.54, 1.807) is 0 Å². The number of fused-ring (bicyclic) bond motifs is 1. The Kier molecular flexibility index (Phi) is 19.9. The zero-order valence-electron chi connectivity index (χ0n) is 45.4. The summed E-state index contributed by atoms with van der Waals surface area (Å²) in [7, 11) is -3.52. The number of ether oxygens (including phenoxy) is 9. The molecule has 0 radical (unpaired) electrons. The molecule has 0 aromatic heterocycles. The van der Waals surface area contributed by atoms with Gasteiger partial charge in [-0.05, 0) is 37.7 Å². The number of carbonyl (C=O) groups is 1. The van der Waals surface area contributed by atoms with Crippen molar-refractivity contribution in [2.24, 2.45) is 0 Å². The average Bonchev–Trinajstić information content (AvgIpc) is 3.50. The molecular weight excluding hydrogens is 1110 g/mol. The lowest BCUT2D eigenvalue weighted by Gasteiger charge is -2.53. The Morgan fingerprint density at radius 1 is 0.531 bits per heavy atom. The van der Waals surface area contributed by atoms with Gasteiger partial charge in [0.1, 0.15) is 48.8 Å². The predicted molar refractivity (Wildman–Crippen MR) is 314 cm³/mol. The maximum absolute atomic E-state index is 14.5. The van der Waals surface area contributed by atoms with Gasteiger partial charge in [-0.3, -0.25) is 4.79 Å². The molecule has 11 atom stereocenters. The Morgan fingerprint density at radius 3 is 1.46 bits per heavy atom. The van der Waals surface area contributed by atoms with E-state index in [0.29, 0.717) is 0 Å². The van der Waals surface area contributed by atoms with Crippen LogP contribution in [0.3, 0.4) is 0 Å². The third-order valence-electron chi connectivity index (χ3n) is 14.8.